The van der Waals surface area contributed by atoms with Gasteiger partial charge in [-0.25, -0.2) is 4.79 Å². The minimum Gasteiger partial charge on any atom is -0.443 e. The molecule has 2 aromatic carbocycles. The minimum atomic E-state index is -0.543. The Morgan fingerprint density at radius 1 is 1.09 bits per heavy atom. The van der Waals surface area contributed by atoms with E-state index >= 15 is 0 Å². The van der Waals surface area contributed by atoms with Crippen LogP contribution in [0.1, 0.15) is 25.8 Å². The van der Waals surface area contributed by atoms with E-state index in [9.17, 15) is 4.79 Å². The summed E-state index contributed by atoms with van der Waals surface area (Å²) in [6.07, 6.45) is 1.12. The number of para-hydroxylation sites is 1. The smallest absolute Gasteiger partial charge is 0.412 e. The molecule has 0 bridgehead atoms. The summed E-state index contributed by atoms with van der Waals surface area (Å²) in [5.74, 6) is 0. The minimum absolute atomic E-state index is 0.438. The molecular formula is C18H20ClNO2. The zero-order valence-electron chi connectivity index (χ0n) is 12.8. The molecule has 0 aliphatic heterocycles. The van der Waals surface area contributed by atoms with Crippen LogP contribution in [0.3, 0.4) is 0 Å². The fourth-order valence-corrected chi connectivity index (χ4v) is 2.19. The topological polar surface area (TPSA) is 38.3 Å². The fraction of sp³-hybridized carbons (Fsp3) is 0.278. The molecule has 0 saturated carbocycles. The fourth-order valence-electron chi connectivity index (χ4n) is 2.06. The van der Waals surface area contributed by atoms with Gasteiger partial charge < -0.3 is 4.74 Å². The van der Waals surface area contributed by atoms with Gasteiger partial charge in [0, 0.05) is 10.7 Å². The maximum absolute atomic E-state index is 11.9. The van der Waals surface area contributed by atoms with Crippen molar-refractivity contribution in [1.82, 2.24) is 0 Å². The monoisotopic (exact) mass is 317 g/mol. The SMILES string of the molecule is CC(C)(CCc1ccc(Cl)cc1)OC(=O)Nc1ccccc1. The highest BCUT2D eigenvalue weighted by molar-refractivity contribution is 6.30. The summed E-state index contributed by atoms with van der Waals surface area (Å²) in [4.78, 5) is 11.9. The number of rotatable bonds is 5. The van der Waals surface area contributed by atoms with Crippen LogP contribution in [0.2, 0.25) is 5.02 Å². The third-order valence-electron chi connectivity index (χ3n) is 3.32. The number of nitrogens with one attached hydrogen (secondary N) is 1. The first-order valence-electron chi connectivity index (χ1n) is 7.24. The summed E-state index contributed by atoms with van der Waals surface area (Å²) in [5, 5.41) is 3.45. The van der Waals surface area contributed by atoms with Crippen LogP contribution < -0.4 is 5.32 Å². The standard InChI is InChI=1S/C18H20ClNO2/c1-18(2,13-12-14-8-10-15(19)11-9-14)22-17(21)20-16-6-4-3-5-7-16/h3-11H,12-13H2,1-2H3,(H,20,21). The number of ether oxygens (including phenoxy) is 1. The number of amides is 1. The summed E-state index contributed by atoms with van der Waals surface area (Å²) in [7, 11) is 0. The molecule has 2 aromatic rings. The van der Waals surface area contributed by atoms with E-state index in [4.69, 9.17) is 16.3 Å². The maximum atomic E-state index is 11.9. The maximum Gasteiger partial charge on any atom is 0.412 e. The highest BCUT2D eigenvalue weighted by atomic mass is 35.5. The second kappa shape index (κ2) is 7.32. The average Bonchev–Trinajstić information content (AvgIpc) is 2.47. The van der Waals surface area contributed by atoms with E-state index < -0.39 is 11.7 Å². The van der Waals surface area contributed by atoms with E-state index in [1.54, 1.807) is 0 Å². The third kappa shape index (κ3) is 5.41. The van der Waals surface area contributed by atoms with Crippen LogP contribution in [0.5, 0.6) is 0 Å². The summed E-state index contributed by atoms with van der Waals surface area (Å²) >= 11 is 5.87. The van der Waals surface area contributed by atoms with E-state index in [1.165, 1.54) is 5.56 Å². The molecule has 0 atom stereocenters. The number of hydrogen-bond donors (Lipinski definition) is 1. The molecule has 3 nitrogen and oxygen atoms in total. The first-order chi connectivity index (χ1) is 10.4. The molecule has 2 rings (SSSR count). The Bertz CT molecular complexity index is 609. The van der Waals surface area contributed by atoms with Crippen molar-refractivity contribution in [3.63, 3.8) is 0 Å². The molecule has 0 saturated heterocycles. The molecule has 0 unspecified atom stereocenters. The number of anilines is 1. The molecule has 0 aromatic heterocycles. The lowest BCUT2D eigenvalue weighted by molar-refractivity contribution is 0.0426. The molecule has 1 amide bonds. The van der Waals surface area contributed by atoms with Gasteiger partial charge in [-0.2, -0.15) is 0 Å². The number of aryl methyl sites for hydroxylation is 1. The number of carbonyl (C=O) groups is 1. The summed E-state index contributed by atoms with van der Waals surface area (Å²) in [6.45, 7) is 3.82. The van der Waals surface area contributed by atoms with Crippen molar-refractivity contribution < 1.29 is 9.53 Å². The van der Waals surface area contributed by atoms with E-state index in [0.29, 0.717) is 0 Å². The van der Waals surface area contributed by atoms with Crippen LogP contribution in [-0.2, 0) is 11.2 Å². The van der Waals surface area contributed by atoms with Crippen LogP contribution in [-0.4, -0.2) is 11.7 Å². The Kier molecular flexibility index (Phi) is 5.45. The zero-order chi connectivity index (χ0) is 16.0. The number of halogens is 1. The molecule has 0 fully saturated rings. The molecule has 4 heteroatoms. The first kappa shape index (κ1) is 16.4. The van der Waals surface area contributed by atoms with Crippen LogP contribution in [0.15, 0.2) is 54.6 Å². The normalized spacial score (nSPS) is 11.0. The van der Waals surface area contributed by atoms with Gasteiger partial charge in [-0.3, -0.25) is 5.32 Å². The molecule has 116 valence electrons. The predicted octanol–water partition coefficient (Wildman–Crippen LogP) is 5.30. The second-order valence-corrected chi connectivity index (χ2v) is 6.20. The molecule has 0 aliphatic carbocycles. The lowest BCUT2D eigenvalue weighted by atomic mass is 9.98. The molecule has 0 heterocycles. The van der Waals surface area contributed by atoms with Gasteiger partial charge in [0.2, 0.25) is 0 Å². The van der Waals surface area contributed by atoms with Crippen molar-refractivity contribution in [2.75, 3.05) is 5.32 Å². The molecular weight excluding hydrogens is 298 g/mol. The van der Waals surface area contributed by atoms with E-state index in [2.05, 4.69) is 5.32 Å². The van der Waals surface area contributed by atoms with Crippen LogP contribution in [0, 0.1) is 0 Å². The van der Waals surface area contributed by atoms with E-state index in [0.717, 1.165) is 23.6 Å². The van der Waals surface area contributed by atoms with Crippen LogP contribution in [0.25, 0.3) is 0 Å². The Hall–Kier alpha value is -2.00. The van der Waals surface area contributed by atoms with Crippen molar-refractivity contribution in [3.8, 4) is 0 Å². The zero-order valence-corrected chi connectivity index (χ0v) is 13.6. The van der Waals surface area contributed by atoms with Gasteiger partial charge in [0.15, 0.2) is 0 Å². The Labute approximate surface area is 136 Å². The van der Waals surface area contributed by atoms with Gasteiger partial charge >= 0.3 is 6.09 Å². The highest BCUT2D eigenvalue weighted by Crippen LogP contribution is 2.20. The Morgan fingerprint density at radius 3 is 2.36 bits per heavy atom. The van der Waals surface area contributed by atoms with Gasteiger partial charge in [-0.15, -0.1) is 0 Å². The second-order valence-electron chi connectivity index (χ2n) is 5.77. The lowest BCUT2D eigenvalue weighted by Gasteiger charge is -2.25. The van der Waals surface area contributed by atoms with Crippen molar-refractivity contribution >= 4 is 23.4 Å². The predicted molar refractivity (Wildman–Crippen MR) is 90.4 cm³/mol. The Morgan fingerprint density at radius 2 is 1.73 bits per heavy atom. The largest absolute Gasteiger partial charge is 0.443 e. The molecule has 0 radical (unpaired) electrons. The molecule has 0 spiro atoms. The average molecular weight is 318 g/mol. The molecule has 1 N–H and O–H groups in total. The van der Waals surface area contributed by atoms with Gasteiger partial charge in [-0.05, 0) is 56.5 Å². The van der Waals surface area contributed by atoms with Crippen LogP contribution in [0.4, 0.5) is 10.5 Å². The number of carbonyl (C=O) groups excluding carboxylic acids is 1. The van der Waals surface area contributed by atoms with Crippen molar-refractivity contribution in [1.29, 1.82) is 0 Å². The number of hydrogen-bond acceptors (Lipinski definition) is 2. The van der Waals surface area contributed by atoms with Gasteiger partial charge in [0.1, 0.15) is 5.60 Å². The first-order valence-corrected chi connectivity index (χ1v) is 7.62. The third-order valence-corrected chi connectivity index (χ3v) is 3.57. The van der Waals surface area contributed by atoms with Crippen LogP contribution >= 0.6 is 11.6 Å². The Balaban J connectivity index is 1.84. The van der Waals surface area contributed by atoms with Gasteiger partial charge in [0.05, 0.1) is 0 Å². The summed E-state index contributed by atoms with van der Waals surface area (Å²) in [5.41, 5.74) is 1.35. The van der Waals surface area contributed by atoms with Gasteiger partial charge in [0.25, 0.3) is 0 Å². The summed E-state index contributed by atoms with van der Waals surface area (Å²) in [6, 6.07) is 17.0. The highest BCUT2D eigenvalue weighted by Gasteiger charge is 2.22. The number of benzene rings is 2. The van der Waals surface area contributed by atoms with Gasteiger partial charge in [-0.1, -0.05) is 41.9 Å². The quantitative estimate of drug-likeness (QED) is 0.812. The lowest BCUT2D eigenvalue weighted by Crippen LogP contribution is -2.31. The van der Waals surface area contributed by atoms with E-state index in [1.807, 2.05) is 68.4 Å². The van der Waals surface area contributed by atoms with E-state index in [-0.39, 0.29) is 0 Å². The molecule has 22 heavy (non-hydrogen) atoms. The van der Waals surface area contributed by atoms with Crippen molar-refractivity contribution in [2.24, 2.45) is 0 Å². The summed E-state index contributed by atoms with van der Waals surface area (Å²) < 4.78 is 5.51. The van der Waals surface area contributed by atoms with Crippen molar-refractivity contribution in [3.05, 3.63) is 65.2 Å². The molecule has 0 aliphatic rings. The van der Waals surface area contributed by atoms with Crippen molar-refractivity contribution in [2.45, 2.75) is 32.3 Å².